The summed E-state index contributed by atoms with van der Waals surface area (Å²) in [6.07, 6.45) is 2.14. The molecule has 3 rings (SSSR count). The van der Waals surface area contributed by atoms with Crippen molar-refractivity contribution in [1.29, 1.82) is 0 Å². The van der Waals surface area contributed by atoms with Crippen LogP contribution in [0.4, 0.5) is 0 Å². The van der Waals surface area contributed by atoms with Crippen molar-refractivity contribution in [3.63, 3.8) is 0 Å². The molecule has 0 saturated heterocycles. The summed E-state index contributed by atoms with van der Waals surface area (Å²) in [7, 11) is 0. The van der Waals surface area contributed by atoms with Crippen LogP contribution in [-0.2, 0) is 28.7 Å². The van der Waals surface area contributed by atoms with Gasteiger partial charge in [-0.25, -0.2) is 0 Å². The van der Waals surface area contributed by atoms with Crippen LogP contribution in [0.25, 0.3) is 0 Å². The monoisotopic (exact) mass is 500 g/mol. The Morgan fingerprint density at radius 1 is 0.583 bits per heavy atom. The molecule has 0 unspecified atom stereocenters. The lowest BCUT2D eigenvalue weighted by atomic mass is 9.82. The highest BCUT2D eigenvalue weighted by Gasteiger charge is 2.32. The summed E-state index contributed by atoms with van der Waals surface area (Å²) < 4.78 is 30.9. The third-order valence-corrected chi connectivity index (χ3v) is 5.55. The Morgan fingerprint density at radius 2 is 0.917 bits per heavy atom. The summed E-state index contributed by atoms with van der Waals surface area (Å²) in [6.45, 7) is 1.47. The third-order valence-electron chi connectivity index (χ3n) is 5.55. The summed E-state index contributed by atoms with van der Waals surface area (Å²) in [5, 5.41) is 0. The van der Waals surface area contributed by atoms with Crippen molar-refractivity contribution in [3.8, 4) is 23.0 Å². The number of carbonyl (C=O) groups excluding carboxylic acids is 4. The number of hydrogen-bond donors (Lipinski definition) is 0. The Balaban J connectivity index is 1.38. The van der Waals surface area contributed by atoms with Gasteiger partial charge in [-0.1, -0.05) is 0 Å². The molecule has 10 nitrogen and oxygen atoms in total. The minimum absolute atomic E-state index is 0.151. The van der Waals surface area contributed by atoms with E-state index in [1.165, 1.54) is 0 Å². The number of benzene rings is 2. The van der Waals surface area contributed by atoms with E-state index in [1.807, 2.05) is 0 Å². The molecule has 36 heavy (non-hydrogen) atoms. The van der Waals surface area contributed by atoms with E-state index < -0.39 is 0 Å². The molecule has 0 amide bonds. The summed E-state index contributed by atoms with van der Waals surface area (Å²) in [5.41, 5.74) is 0. The zero-order valence-corrected chi connectivity index (χ0v) is 19.7. The highest BCUT2D eigenvalue weighted by Crippen LogP contribution is 2.32. The second kappa shape index (κ2) is 14.3. The molecule has 2 aromatic carbocycles. The van der Waals surface area contributed by atoms with E-state index in [0.29, 0.717) is 61.6 Å². The molecule has 0 radical (unpaired) electrons. The molecule has 0 N–H and O–H groups in total. The van der Waals surface area contributed by atoms with Gasteiger partial charge in [0.05, 0.1) is 11.8 Å². The Kier molecular flexibility index (Phi) is 10.6. The zero-order valence-electron chi connectivity index (χ0n) is 19.7. The Bertz CT molecular complexity index is 897. The van der Waals surface area contributed by atoms with E-state index in [1.54, 1.807) is 48.5 Å². The standard InChI is InChI=1S/C26H28O10/c27-17-31-13-15-33-21-5-9-23(10-6-21)35-25(29)19-1-2-20(4-3-19)26(30)36-24-11-7-22(8-12-24)34-16-14-32-18-28/h5-12,17-20H,1-4,13-16H2. The van der Waals surface area contributed by atoms with E-state index in [0.717, 1.165) is 0 Å². The van der Waals surface area contributed by atoms with Gasteiger partial charge in [-0.15, -0.1) is 0 Å². The first-order chi connectivity index (χ1) is 17.6. The fourth-order valence-corrected chi connectivity index (χ4v) is 3.68. The van der Waals surface area contributed by atoms with E-state index in [-0.39, 0.29) is 50.2 Å². The van der Waals surface area contributed by atoms with Crippen LogP contribution in [0.2, 0.25) is 0 Å². The summed E-state index contributed by atoms with van der Waals surface area (Å²) in [4.78, 5) is 45.3. The predicted octanol–water partition coefficient (Wildman–Crippen LogP) is 3.11. The summed E-state index contributed by atoms with van der Waals surface area (Å²) in [5.74, 6) is 0.705. The highest BCUT2D eigenvalue weighted by molar-refractivity contribution is 5.77. The van der Waals surface area contributed by atoms with Gasteiger partial charge < -0.3 is 28.4 Å². The second-order valence-electron chi connectivity index (χ2n) is 7.96. The summed E-state index contributed by atoms with van der Waals surface area (Å²) >= 11 is 0. The average molecular weight is 501 g/mol. The Labute approximate surface area is 208 Å². The second-order valence-corrected chi connectivity index (χ2v) is 7.96. The minimum atomic E-state index is -0.330. The lowest BCUT2D eigenvalue weighted by Gasteiger charge is -2.25. The smallest absolute Gasteiger partial charge is 0.314 e. The molecule has 1 aliphatic rings. The van der Waals surface area contributed by atoms with Crippen molar-refractivity contribution >= 4 is 24.9 Å². The fourth-order valence-electron chi connectivity index (χ4n) is 3.68. The molecule has 0 spiro atoms. The molecular formula is C26H28O10. The molecule has 192 valence electrons. The van der Waals surface area contributed by atoms with Gasteiger partial charge in [0.1, 0.15) is 49.4 Å². The first kappa shape index (κ1) is 26.5. The van der Waals surface area contributed by atoms with Gasteiger partial charge in [0, 0.05) is 0 Å². The number of rotatable bonds is 14. The number of hydrogen-bond acceptors (Lipinski definition) is 10. The average Bonchev–Trinajstić information content (AvgIpc) is 2.91. The van der Waals surface area contributed by atoms with Crippen LogP contribution in [0.5, 0.6) is 23.0 Å². The zero-order chi connectivity index (χ0) is 25.6. The van der Waals surface area contributed by atoms with Crippen LogP contribution in [0, 0.1) is 11.8 Å². The van der Waals surface area contributed by atoms with Crippen LogP contribution < -0.4 is 18.9 Å². The maximum absolute atomic E-state index is 12.6. The van der Waals surface area contributed by atoms with Gasteiger partial charge in [-0.2, -0.15) is 0 Å². The van der Waals surface area contributed by atoms with E-state index in [4.69, 9.17) is 18.9 Å². The quantitative estimate of drug-likeness (QED) is 0.165. The number of carbonyl (C=O) groups is 4. The molecular weight excluding hydrogens is 472 g/mol. The molecule has 1 aliphatic carbocycles. The predicted molar refractivity (Wildman–Crippen MR) is 125 cm³/mol. The lowest BCUT2D eigenvalue weighted by Crippen LogP contribution is -2.30. The lowest BCUT2D eigenvalue weighted by molar-refractivity contribution is -0.145. The SMILES string of the molecule is O=COCCOc1ccc(OC(=O)C2CCC(C(=O)Oc3ccc(OCCOC=O)cc3)CC2)cc1. The molecule has 2 aromatic rings. The van der Waals surface area contributed by atoms with Gasteiger partial charge in [-0.3, -0.25) is 19.2 Å². The topological polar surface area (TPSA) is 124 Å². The van der Waals surface area contributed by atoms with E-state index >= 15 is 0 Å². The molecule has 10 heteroatoms. The van der Waals surface area contributed by atoms with Gasteiger partial charge in [0.25, 0.3) is 12.9 Å². The Morgan fingerprint density at radius 3 is 1.25 bits per heavy atom. The maximum atomic E-state index is 12.6. The maximum Gasteiger partial charge on any atom is 0.314 e. The number of esters is 2. The van der Waals surface area contributed by atoms with E-state index in [9.17, 15) is 19.2 Å². The van der Waals surface area contributed by atoms with Crippen LogP contribution in [0.15, 0.2) is 48.5 Å². The third kappa shape index (κ3) is 8.61. The summed E-state index contributed by atoms with van der Waals surface area (Å²) in [6, 6.07) is 13.2. The van der Waals surface area contributed by atoms with Crippen molar-refractivity contribution in [3.05, 3.63) is 48.5 Å². The minimum Gasteiger partial charge on any atom is -0.490 e. The van der Waals surface area contributed by atoms with Crippen molar-refractivity contribution in [2.24, 2.45) is 11.8 Å². The molecule has 1 fully saturated rings. The molecule has 0 bridgehead atoms. The molecule has 1 saturated carbocycles. The van der Waals surface area contributed by atoms with Crippen LogP contribution >= 0.6 is 0 Å². The van der Waals surface area contributed by atoms with Gasteiger partial charge in [0.15, 0.2) is 0 Å². The van der Waals surface area contributed by atoms with Crippen molar-refractivity contribution < 1.29 is 47.6 Å². The molecule has 0 atom stereocenters. The van der Waals surface area contributed by atoms with E-state index in [2.05, 4.69) is 9.47 Å². The largest absolute Gasteiger partial charge is 0.490 e. The number of ether oxygens (including phenoxy) is 6. The van der Waals surface area contributed by atoms with Crippen LogP contribution in [0.3, 0.4) is 0 Å². The van der Waals surface area contributed by atoms with Crippen molar-refractivity contribution in [1.82, 2.24) is 0 Å². The van der Waals surface area contributed by atoms with Crippen LogP contribution in [-0.4, -0.2) is 51.3 Å². The first-order valence-corrected chi connectivity index (χ1v) is 11.6. The van der Waals surface area contributed by atoms with Crippen molar-refractivity contribution in [2.45, 2.75) is 25.7 Å². The highest BCUT2D eigenvalue weighted by atomic mass is 16.6. The molecule has 0 aromatic heterocycles. The van der Waals surface area contributed by atoms with Gasteiger partial charge in [-0.05, 0) is 74.2 Å². The van der Waals surface area contributed by atoms with Gasteiger partial charge >= 0.3 is 11.9 Å². The fraction of sp³-hybridized carbons (Fsp3) is 0.385. The van der Waals surface area contributed by atoms with Gasteiger partial charge in [0.2, 0.25) is 0 Å². The first-order valence-electron chi connectivity index (χ1n) is 11.6. The van der Waals surface area contributed by atoms with Crippen molar-refractivity contribution in [2.75, 3.05) is 26.4 Å². The molecule has 0 aliphatic heterocycles. The van der Waals surface area contributed by atoms with Crippen LogP contribution in [0.1, 0.15) is 25.7 Å². The molecule has 0 heterocycles. The Hall–Kier alpha value is -4.08. The normalized spacial score (nSPS) is 16.8.